The zero-order valence-corrected chi connectivity index (χ0v) is 15.1. The number of nitrogens with one attached hydrogen (secondary N) is 3. The van der Waals surface area contributed by atoms with Gasteiger partial charge in [-0.1, -0.05) is 30.3 Å². The summed E-state index contributed by atoms with van der Waals surface area (Å²) >= 11 is 0. The van der Waals surface area contributed by atoms with Crippen molar-refractivity contribution < 1.29 is 24.0 Å². The highest BCUT2D eigenvalue weighted by atomic mass is 16.6. The van der Waals surface area contributed by atoms with Crippen molar-refractivity contribution in [1.82, 2.24) is 10.6 Å². The molecule has 0 saturated heterocycles. The highest BCUT2D eigenvalue weighted by Gasteiger charge is 2.28. The van der Waals surface area contributed by atoms with Gasteiger partial charge in [0.1, 0.15) is 5.69 Å². The van der Waals surface area contributed by atoms with E-state index in [0.717, 1.165) is 6.07 Å². The van der Waals surface area contributed by atoms with Crippen LogP contribution in [0.1, 0.15) is 22.0 Å². The number of anilines is 1. The third-order valence-electron chi connectivity index (χ3n) is 3.73. The van der Waals surface area contributed by atoms with Gasteiger partial charge >= 0.3 is 12.0 Å². The van der Waals surface area contributed by atoms with E-state index >= 15 is 0 Å². The first-order valence-corrected chi connectivity index (χ1v) is 8.12. The lowest BCUT2D eigenvalue weighted by atomic mass is 10.1. The molecular weight excluding hydrogens is 368 g/mol. The largest absolute Gasteiger partial charge is 0.444 e. The number of nitro benzene ring substituents is 1. The van der Waals surface area contributed by atoms with Gasteiger partial charge in [0.05, 0.1) is 10.5 Å². The number of urea groups is 1. The van der Waals surface area contributed by atoms with Gasteiger partial charge in [-0.15, -0.1) is 0 Å². The van der Waals surface area contributed by atoms with E-state index in [9.17, 15) is 24.5 Å². The fourth-order valence-corrected chi connectivity index (χ4v) is 2.34. The maximum atomic E-state index is 12.5. The molecule has 0 radical (unpaired) electrons. The maximum Gasteiger partial charge on any atom is 0.339 e. The number of ether oxygens (including phenoxy) is 1. The smallest absolute Gasteiger partial charge is 0.339 e. The van der Waals surface area contributed by atoms with Crippen LogP contribution in [0.2, 0.25) is 0 Å². The zero-order valence-electron chi connectivity index (χ0n) is 15.1. The summed E-state index contributed by atoms with van der Waals surface area (Å²) in [6, 6.07) is 11.0. The van der Waals surface area contributed by atoms with Gasteiger partial charge in [-0.05, 0) is 12.1 Å². The standard InChI is InChI=1S/C18H18N4O6/c1-19-13-9-8-12(10-14(13)22(26)27)17(24)28-15(11-6-4-3-5-7-11)16(23)21-18(25)20-2/h3-10,15,19H,1-2H3,(H2,20,21,23,25)/t15-/m0/s1. The highest BCUT2D eigenvalue weighted by molar-refractivity contribution is 5.99. The third-order valence-corrected chi connectivity index (χ3v) is 3.73. The quantitative estimate of drug-likeness (QED) is 0.392. The molecule has 0 aliphatic rings. The number of carbonyl (C=O) groups is 3. The van der Waals surface area contributed by atoms with Crippen LogP contribution in [0.5, 0.6) is 0 Å². The van der Waals surface area contributed by atoms with E-state index in [1.165, 1.54) is 26.2 Å². The van der Waals surface area contributed by atoms with E-state index in [0.29, 0.717) is 5.56 Å². The van der Waals surface area contributed by atoms with Crippen molar-refractivity contribution in [3.63, 3.8) is 0 Å². The van der Waals surface area contributed by atoms with Gasteiger partial charge < -0.3 is 15.4 Å². The lowest BCUT2D eigenvalue weighted by Crippen LogP contribution is -2.41. The molecule has 0 saturated carbocycles. The molecule has 0 heterocycles. The molecule has 0 fully saturated rings. The molecule has 146 valence electrons. The summed E-state index contributed by atoms with van der Waals surface area (Å²) in [5, 5.41) is 18.1. The van der Waals surface area contributed by atoms with Crippen molar-refractivity contribution in [2.45, 2.75) is 6.10 Å². The molecule has 2 aromatic carbocycles. The summed E-state index contributed by atoms with van der Waals surface area (Å²) in [5.74, 6) is -1.81. The van der Waals surface area contributed by atoms with Crippen LogP contribution in [-0.4, -0.2) is 36.9 Å². The van der Waals surface area contributed by atoms with E-state index in [-0.39, 0.29) is 16.9 Å². The first-order chi connectivity index (χ1) is 13.4. The molecule has 0 aliphatic heterocycles. The summed E-state index contributed by atoms with van der Waals surface area (Å²) < 4.78 is 5.26. The van der Waals surface area contributed by atoms with Gasteiger partial charge in [0.25, 0.3) is 11.6 Å². The minimum atomic E-state index is -1.42. The molecule has 3 amide bonds. The number of nitro groups is 1. The van der Waals surface area contributed by atoms with Crippen LogP contribution >= 0.6 is 0 Å². The number of hydrogen-bond donors (Lipinski definition) is 3. The molecular formula is C18H18N4O6. The summed E-state index contributed by atoms with van der Waals surface area (Å²) in [6.45, 7) is 0. The Labute approximate surface area is 160 Å². The lowest BCUT2D eigenvalue weighted by Gasteiger charge is -2.17. The van der Waals surface area contributed by atoms with Crippen LogP contribution in [0.4, 0.5) is 16.2 Å². The molecule has 10 heteroatoms. The van der Waals surface area contributed by atoms with Crippen molar-refractivity contribution >= 4 is 29.3 Å². The van der Waals surface area contributed by atoms with E-state index in [1.54, 1.807) is 30.3 Å². The van der Waals surface area contributed by atoms with E-state index in [1.807, 2.05) is 5.32 Å². The topological polar surface area (TPSA) is 140 Å². The van der Waals surface area contributed by atoms with Crippen molar-refractivity contribution in [2.24, 2.45) is 0 Å². The molecule has 0 bridgehead atoms. The second-order valence-corrected chi connectivity index (χ2v) is 5.50. The van der Waals surface area contributed by atoms with Crippen LogP contribution in [0, 0.1) is 10.1 Å². The number of imide groups is 1. The Morgan fingerprint density at radius 2 is 1.75 bits per heavy atom. The molecule has 3 N–H and O–H groups in total. The van der Waals surface area contributed by atoms with Crippen molar-refractivity contribution in [1.29, 1.82) is 0 Å². The van der Waals surface area contributed by atoms with Crippen LogP contribution in [0.25, 0.3) is 0 Å². The molecule has 0 aliphatic carbocycles. The first kappa shape index (κ1) is 20.4. The van der Waals surface area contributed by atoms with E-state index in [2.05, 4.69) is 10.6 Å². The Balaban J connectivity index is 2.32. The van der Waals surface area contributed by atoms with E-state index in [4.69, 9.17) is 4.74 Å². The van der Waals surface area contributed by atoms with Crippen LogP contribution in [0.3, 0.4) is 0 Å². The average Bonchev–Trinajstić information content (AvgIpc) is 2.71. The monoisotopic (exact) mass is 386 g/mol. The molecule has 0 aromatic heterocycles. The average molecular weight is 386 g/mol. The normalized spacial score (nSPS) is 11.1. The number of rotatable bonds is 6. The molecule has 2 rings (SSSR count). The van der Waals surface area contributed by atoms with Crippen molar-refractivity contribution in [2.75, 3.05) is 19.4 Å². The minimum absolute atomic E-state index is 0.112. The fourth-order valence-electron chi connectivity index (χ4n) is 2.34. The first-order valence-electron chi connectivity index (χ1n) is 8.12. The lowest BCUT2D eigenvalue weighted by molar-refractivity contribution is -0.384. The van der Waals surface area contributed by atoms with Crippen LogP contribution in [-0.2, 0) is 9.53 Å². The number of hydrogen-bond acceptors (Lipinski definition) is 7. The van der Waals surface area contributed by atoms with Gasteiger partial charge in [0.15, 0.2) is 0 Å². The number of esters is 1. The van der Waals surface area contributed by atoms with Crippen molar-refractivity contribution in [3.8, 4) is 0 Å². The highest BCUT2D eigenvalue weighted by Crippen LogP contribution is 2.27. The third kappa shape index (κ3) is 4.81. The molecule has 0 spiro atoms. The molecule has 1 atom stereocenters. The van der Waals surface area contributed by atoms with Crippen LogP contribution in [0.15, 0.2) is 48.5 Å². The predicted octanol–water partition coefficient (Wildman–Crippen LogP) is 1.99. The Morgan fingerprint density at radius 3 is 2.32 bits per heavy atom. The summed E-state index contributed by atoms with van der Waals surface area (Å²) in [4.78, 5) is 46.9. The van der Waals surface area contributed by atoms with Crippen LogP contribution < -0.4 is 16.0 Å². The Bertz CT molecular complexity index is 900. The molecule has 10 nitrogen and oxygen atoms in total. The second-order valence-electron chi connectivity index (χ2n) is 5.50. The van der Waals surface area contributed by atoms with Gasteiger partial charge in [-0.25, -0.2) is 9.59 Å². The number of carbonyl (C=O) groups excluding carboxylic acids is 3. The summed E-state index contributed by atoms with van der Waals surface area (Å²) in [5.41, 5.74) is 0.125. The van der Waals surface area contributed by atoms with Gasteiger partial charge in [0, 0.05) is 25.7 Å². The SMILES string of the molecule is CNC(=O)NC(=O)[C@@H](OC(=O)c1ccc(NC)c([N+](=O)[O-])c1)c1ccccc1. The Hall–Kier alpha value is -3.95. The summed E-state index contributed by atoms with van der Waals surface area (Å²) in [6.07, 6.45) is -1.42. The van der Waals surface area contributed by atoms with E-state index < -0.39 is 28.9 Å². The second kappa shape index (κ2) is 9.12. The molecule has 0 unspecified atom stereocenters. The van der Waals surface area contributed by atoms with Gasteiger partial charge in [0.2, 0.25) is 6.10 Å². The fraction of sp³-hybridized carbons (Fsp3) is 0.167. The van der Waals surface area contributed by atoms with Gasteiger partial charge in [-0.3, -0.25) is 20.2 Å². The zero-order chi connectivity index (χ0) is 20.7. The van der Waals surface area contributed by atoms with Crippen molar-refractivity contribution in [3.05, 3.63) is 69.8 Å². The Morgan fingerprint density at radius 1 is 1.07 bits per heavy atom. The predicted molar refractivity (Wildman–Crippen MR) is 99.8 cm³/mol. The molecule has 28 heavy (non-hydrogen) atoms. The number of amides is 3. The number of nitrogens with zero attached hydrogens (tertiary/aromatic N) is 1. The Kier molecular flexibility index (Phi) is 6.63. The summed E-state index contributed by atoms with van der Waals surface area (Å²) in [7, 11) is 2.84. The maximum absolute atomic E-state index is 12.5. The van der Waals surface area contributed by atoms with Gasteiger partial charge in [-0.2, -0.15) is 0 Å². The number of benzene rings is 2. The minimum Gasteiger partial charge on any atom is -0.444 e. The molecule has 2 aromatic rings.